The molecule has 1 aromatic carbocycles. The van der Waals surface area contributed by atoms with E-state index in [0.29, 0.717) is 31.5 Å². The molecule has 1 aliphatic heterocycles. The highest BCUT2D eigenvalue weighted by molar-refractivity contribution is 5.80. The Labute approximate surface area is 184 Å². The molecule has 1 aliphatic rings. The second-order valence-electron chi connectivity index (χ2n) is 8.82. The van der Waals surface area contributed by atoms with Crippen molar-refractivity contribution in [3.05, 3.63) is 41.9 Å². The van der Waals surface area contributed by atoms with Gasteiger partial charge in [-0.1, -0.05) is 29.8 Å². The Bertz CT molecular complexity index is 899. The topological polar surface area (TPSA) is 92.0 Å². The van der Waals surface area contributed by atoms with Crippen molar-refractivity contribution < 1.29 is 13.9 Å². The molecule has 3 rings (SSSR count). The van der Waals surface area contributed by atoms with Crippen molar-refractivity contribution in [2.24, 2.45) is 4.99 Å². The second-order valence-corrected chi connectivity index (χ2v) is 8.82. The quantitative estimate of drug-likeness (QED) is 0.571. The molecule has 1 amide bonds. The first-order chi connectivity index (χ1) is 14.7. The summed E-state index contributed by atoms with van der Waals surface area (Å²) in [6.45, 7) is 9.38. The van der Waals surface area contributed by atoms with Gasteiger partial charge in [0.25, 0.3) is 0 Å². The van der Waals surface area contributed by atoms with Gasteiger partial charge in [-0.3, -0.25) is 4.99 Å². The maximum Gasteiger partial charge on any atom is 0.410 e. The SMILES string of the molecule is CN=C(NCc1ncc(-c2ccc(C)cc2)o1)NC1CCCN(C(=O)OC(C)(C)C)C1. The van der Waals surface area contributed by atoms with E-state index in [1.807, 2.05) is 45.0 Å². The number of aromatic nitrogens is 1. The maximum absolute atomic E-state index is 12.4. The van der Waals surface area contributed by atoms with Crippen molar-refractivity contribution in [3.8, 4) is 11.3 Å². The predicted molar refractivity (Wildman–Crippen MR) is 121 cm³/mol. The number of piperidine rings is 1. The van der Waals surface area contributed by atoms with E-state index in [4.69, 9.17) is 9.15 Å². The molecular weight excluding hydrogens is 394 g/mol. The minimum absolute atomic E-state index is 0.0974. The number of amides is 1. The van der Waals surface area contributed by atoms with Gasteiger partial charge in [0.2, 0.25) is 5.89 Å². The van der Waals surface area contributed by atoms with Crippen molar-refractivity contribution >= 4 is 12.1 Å². The van der Waals surface area contributed by atoms with Crippen LogP contribution in [0.15, 0.2) is 39.9 Å². The van der Waals surface area contributed by atoms with Gasteiger partial charge in [0.15, 0.2) is 11.7 Å². The van der Waals surface area contributed by atoms with Crippen molar-refractivity contribution in [2.75, 3.05) is 20.1 Å². The first kappa shape index (κ1) is 22.7. The molecule has 1 atom stereocenters. The number of aryl methyl sites for hydroxylation is 1. The van der Waals surface area contributed by atoms with E-state index in [0.717, 1.165) is 24.2 Å². The van der Waals surface area contributed by atoms with Gasteiger partial charge < -0.3 is 24.7 Å². The molecule has 2 heterocycles. The van der Waals surface area contributed by atoms with Crippen molar-refractivity contribution in [1.29, 1.82) is 0 Å². The van der Waals surface area contributed by atoms with E-state index >= 15 is 0 Å². The van der Waals surface area contributed by atoms with Crippen molar-refractivity contribution in [2.45, 2.75) is 58.7 Å². The zero-order chi connectivity index (χ0) is 22.4. The van der Waals surface area contributed by atoms with Crippen LogP contribution in [0.2, 0.25) is 0 Å². The van der Waals surface area contributed by atoms with Gasteiger partial charge in [0.1, 0.15) is 5.60 Å². The zero-order valence-electron chi connectivity index (χ0n) is 19.1. The lowest BCUT2D eigenvalue weighted by Gasteiger charge is -2.34. The molecule has 0 saturated carbocycles. The Morgan fingerprint density at radius 3 is 2.74 bits per heavy atom. The normalized spacial score (nSPS) is 17.4. The third-order valence-corrected chi connectivity index (χ3v) is 4.93. The molecule has 0 bridgehead atoms. The van der Waals surface area contributed by atoms with Crippen molar-refractivity contribution in [1.82, 2.24) is 20.5 Å². The monoisotopic (exact) mass is 427 g/mol. The summed E-state index contributed by atoms with van der Waals surface area (Å²) in [5, 5.41) is 6.63. The largest absolute Gasteiger partial charge is 0.444 e. The summed E-state index contributed by atoms with van der Waals surface area (Å²) in [6, 6.07) is 8.23. The lowest BCUT2D eigenvalue weighted by molar-refractivity contribution is 0.0193. The van der Waals surface area contributed by atoms with Crippen LogP contribution in [-0.4, -0.2) is 53.7 Å². The Morgan fingerprint density at radius 1 is 1.32 bits per heavy atom. The molecule has 31 heavy (non-hydrogen) atoms. The van der Waals surface area contributed by atoms with Crippen molar-refractivity contribution in [3.63, 3.8) is 0 Å². The van der Waals surface area contributed by atoms with Gasteiger partial charge in [-0.15, -0.1) is 0 Å². The molecule has 0 aliphatic carbocycles. The summed E-state index contributed by atoms with van der Waals surface area (Å²) in [5.41, 5.74) is 1.70. The third kappa shape index (κ3) is 6.73. The van der Waals surface area contributed by atoms with Crippen LogP contribution in [0.3, 0.4) is 0 Å². The molecule has 1 fully saturated rings. The average molecular weight is 428 g/mol. The molecule has 168 valence electrons. The number of ether oxygens (including phenoxy) is 1. The van der Waals surface area contributed by atoms with Crippen LogP contribution in [0.4, 0.5) is 4.79 Å². The Morgan fingerprint density at radius 2 is 2.06 bits per heavy atom. The second kappa shape index (κ2) is 9.85. The van der Waals surface area contributed by atoms with Gasteiger partial charge in [0, 0.05) is 31.7 Å². The molecule has 2 aromatic rings. The van der Waals surface area contributed by atoms with Gasteiger partial charge in [-0.25, -0.2) is 9.78 Å². The number of carbonyl (C=O) groups is 1. The molecule has 1 aromatic heterocycles. The smallest absolute Gasteiger partial charge is 0.410 e. The van der Waals surface area contributed by atoms with Gasteiger partial charge in [-0.2, -0.15) is 0 Å². The fourth-order valence-electron chi connectivity index (χ4n) is 3.38. The number of rotatable bonds is 4. The fraction of sp³-hybridized carbons (Fsp3) is 0.522. The Hall–Kier alpha value is -3.03. The summed E-state index contributed by atoms with van der Waals surface area (Å²) in [6.07, 6.45) is 3.33. The molecule has 8 nitrogen and oxygen atoms in total. The van der Waals surface area contributed by atoms with E-state index < -0.39 is 5.60 Å². The predicted octanol–water partition coefficient (Wildman–Crippen LogP) is 3.71. The number of hydrogen-bond acceptors (Lipinski definition) is 5. The number of likely N-dealkylation sites (tertiary alicyclic amines) is 1. The molecule has 1 unspecified atom stereocenters. The van der Waals surface area contributed by atoms with E-state index in [1.54, 1.807) is 18.1 Å². The molecule has 8 heteroatoms. The van der Waals surface area contributed by atoms with E-state index in [1.165, 1.54) is 5.56 Å². The van der Waals surface area contributed by atoms with Gasteiger partial charge in [0.05, 0.1) is 12.7 Å². The molecular formula is C23H33N5O3. The summed E-state index contributed by atoms with van der Waals surface area (Å²) in [7, 11) is 1.72. The standard InChI is InChI=1S/C23H33N5O3/c1-16-8-10-17(11-9-16)19-13-25-20(30-19)14-26-21(24-5)27-18-7-6-12-28(15-18)22(29)31-23(2,3)4/h8-11,13,18H,6-7,12,14-15H2,1-5H3,(H2,24,26,27). The minimum atomic E-state index is -0.497. The maximum atomic E-state index is 12.4. The summed E-state index contributed by atoms with van der Waals surface area (Å²) < 4.78 is 11.4. The van der Waals surface area contributed by atoms with E-state index in [2.05, 4.69) is 27.5 Å². The number of aliphatic imine (C=N–C) groups is 1. The first-order valence-electron chi connectivity index (χ1n) is 10.7. The highest BCUT2D eigenvalue weighted by Gasteiger charge is 2.28. The Balaban J connectivity index is 1.51. The number of guanidine groups is 1. The van der Waals surface area contributed by atoms with Gasteiger partial charge >= 0.3 is 6.09 Å². The third-order valence-electron chi connectivity index (χ3n) is 4.93. The molecule has 0 radical (unpaired) electrons. The van der Waals surface area contributed by atoms with E-state index in [9.17, 15) is 4.79 Å². The fourth-order valence-corrected chi connectivity index (χ4v) is 3.38. The van der Waals surface area contributed by atoms with Gasteiger partial charge in [-0.05, 0) is 40.5 Å². The highest BCUT2D eigenvalue weighted by atomic mass is 16.6. The van der Waals surface area contributed by atoms with Crippen LogP contribution < -0.4 is 10.6 Å². The number of carbonyl (C=O) groups excluding carboxylic acids is 1. The molecule has 0 spiro atoms. The summed E-state index contributed by atoms with van der Waals surface area (Å²) >= 11 is 0. The number of benzene rings is 1. The molecule has 1 saturated heterocycles. The van der Waals surface area contributed by atoms with Crippen LogP contribution >= 0.6 is 0 Å². The van der Waals surface area contributed by atoms with Crippen LogP contribution in [0.5, 0.6) is 0 Å². The first-order valence-corrected chi connectivity index (χ1v) is 10.7. The Kier molecular flexibility index (Phi) is 7.20. The van der Waals surface area contributed by atoms with Crippen LogP contribution in [0.1, 0.15) is 45.1 Å². The molecule has 2 N–H and O–H groups in total. The lowest BCUT2D eigenvalue weighted by atomic mass is 10.1. The minimum Gasteiger partial charge on any atom is -0.444 e. The van der Waals surface area contributed by atoms with Crippen LogP contribution in [-0.2, 0) is 11.3 Å². The summed E-state index contributed by atoms with van der Waals surface area (Å²) in [5.74, 6) is 1.96. The van der Waals surface area contributed by atoms with E-state index in [-0.39, 0.29) is 12.1 Å². The van der Waals surface area contributed by atoms with Crippen LogP contribution in [0.25, 0.3) is 11.3 Å². The number of nitrogens with one attached hydrogen (secondary N) is 2. The average Bonchev–Trinajstić information content (AvgIpc) is 3.19. The number of hydrogen-bond donors (Lipinski definition) is 2. The number of nitrogens with zero attached hydrogens (tertiary/aromatic N) is 3. The number of oxazole rings is 1. The zero-order valence-corrected chi connectivity index (χ0v) is 19.1. The summed E-state index contributed by atoms with van der Waals surface area (Å²) in [4.78, 5) is 22.8. The highest BCUT2D eigenvalue weighted by Crippen LogP contribution is 2.20. The van der Waals surface area contributed by atoms with Crippen LogP contribution in [0, 0.1) is 6.92 Å². The lowest BCUT2D eigenvalue weighted by Crippen LogP contribution is -2.53.